The molecule has 0 bridgehead atoms. The van der Waals surface area contributed by atoms with Crippen molar-refractivity contribution in [3.8, 4) is 0 Å². The van der Waals surface area contributed by atoms with Crippen LogP contribution in [0.4, 0.5) is 13.6 Å². The van der Waals surface area contributed by atoms with E-state index in [0.717, 1.165) is 5.75 Å². The molecule has 1 aromatic carbocycles. The Morgan fingerprint density at radius 2 is 2.05 bits per heavy atom. The maximum atomic E-state index is 13.4. The van der Waals surface area contributed by atoms with Gasteiger partial charge in [-0.25, -0.2) is 13.6 Å². The van der Waals surface area contributed by atoms with E-state index in [0.29, 0.717) is 12.2 Å². The Morgan fingerprint density at radius 1 is 1.33 bits per heavy atom. The van der Waals surface area contributed by atoms with Crippen LogP contribution in [0.3, 0.4) is 0 Å². The first-order valence-electron chi connectivity index (χ1n) is 6.75. The van der Waals surface area contributed by atoms with Crippen LogP contribution in [0.1, 0.15) is 12.0 Å². The fourth-order valence-corrected chi connectivity index (χ4v) is 3.41. The van der Waals surface area contributed by atoms with Gasteiger partial charge in [0.05, 0.1) is 5.60 Å². The molecule has 7 heteroatoms. The minimum absolute atomic E-state index is 0.0383. The molecule has 0 saturated carbocycles. The summed E-state index contributed by atoms with van der Waals surface area (Å²) < 4.78 is 26.7. The maximum absolute atomic E-state index is 13.4. The lowest BCUT2D eigenvalue weighted by atomic mass is 10.0. The molecule has 1 fully saturated rings. The van der Waals surface area contributed by atoms with Gasteiger partial charge < -0.3 is 15.7 Å². The number of amides is 2. The van der Waals surface area contributed by atoms with Crippen LogP contribution in [0.2, 0.25) is 0 Å². The molecule has 3 N–H and O–H groups in total. The number of aliphatic hydroxyl groups is 1. The molecule has 0 aromatic heterocycles. The lowest BCUT2D eigenvalue weighted by Crippen LogP contribution is -2.46. The Balaban J connectivity index is 1.72. The van der Waals surface area contributed by atoms with Crippen molar-refractivity contribution < 1.29 is 18.7 Å². The van der Waals surface area contributed by atoms with Gasteiger partial charge >= 0.3 is 6.03 Å². The number of halogens is 2. The van der Waals surface area contributed by atoms with Crippen molar-refractivity contribution in [1.82, 2.24) is 10.6 Å². The van der Waals surface area contributed by atoms with Crippen molar-refractivity contribution in [2.45, 2.75) is 18.4 Å². The van der Waals surface area contributed by atoms with E-state index in [4.69, 9.17) is 0 Å². The quantitative estimate of drug-likeness (QED) is 0.774. The number of hydrogen-bond acceptors (Lipinski definition) is 3. The minimum Gasteiger partial charge on any atom is -0.387 e. The molecular weight excluding hydrogens is 298 g/mol. The summed E-state index contributed by atoms with van der Waals surface area (Å²) in [6.07, 6.45) is 0.727. The summed E-state index contributed by atoms with van der Waals surface area (Å²) in [6, 6.07) is 3.23. The van der Waals surface area contributed by atoms with E-state index < -0.39 is 23.3 Å². The number of urea groups is 1. The highest BCUT2D eigenvalue weighted by molar-refractivity contribution is 7.99. The zero-order valence-corrected chi connectivity index (χ0v) is 12.3. The predicted molar refractivity (Wildman–Crippen MR) is 78.4 cm³/mol. The Morgan fingerprint density at radius 3 is 2.67 bits per heavy atom. The normalized spacial score (nSPS) is 21.3. The average molecular weight is 316 g/mol. The number of carbonyl (C=O) groups excluding carboxylic acids is 1. The number of hydrogen-bond donors (Lipinski definition) is 3. The van der Waals surface area contributed by atoms with E-state index in [1.54, 1.807) is 11.8 Å². The summed E-state index contributed by atoms with van der Waals surface area (Å²) in [6.45, 7) is 0.302. The molecule has 1 atom stereocenters. The van der Waals surface area contributed by atoms with Crippen molar-refractivity contribution in [3.63, 3.8) is 0 Å². The Kier molecular flexibility index (Phi) is 5.41. The molecule has 1 saturated heterocycles. The molecule has 116 valence electrons. The lowest BCUT2D eigenvalue weighted by molar-refractivity contribution is 0.0700. The van der Waals surface area contributed by atoms with Gasteiger partial charge in [-0.15, -0.1) is 0 Å². The summed E-state index contributed by atoms with van der Waals surface area (Å²) in [7, 11) is 0. The topological polar surface area (TPSA) is 61.4 Å². The number of benzene rings is 1. The van der Waals surface area contributed by atoms with Gasteiger partial charge in [-0.05, 0) is 30.7 Å². The van der Waals surface area contributed by atoms with Gasteiger partial charge in [0.1, 0.15) is 11.6 Å². The first kappa shape index (κ1) is 16.0. The van der Waals surface area contributed by atoms with Crippen molar-refractivity contribution in [1.29, 1.82) is 0 Å². The predicted octanol–water partition coefficient (Wildman–Crippen LogP) is 1.67. The molecular formula is C14H18F2N2O2S. The van der Waals surface area contributed by atoms with Crippen LogP contribution in [0.5, 0.6) is 0 Å². The van der Waals surface area contributed by atoms with Gasteiger partial charge in [0.25, 0.3) is 0 Å². The van der Waals surface area contributed by atoms with Gasteiger partial charge in [0.15, 0.2) is 0 Å². The number of rotatable bonds is 5. The second-order valence-corrected chi connectivity index (χ2v) is 6.19. The van der Waals surface area contributed by atoms with Gasteiger partial charge in [-0.3, -0.25) is 0 Å². The monoisotopic (exact) mass is 316 g/mol. The van der Waals surface area contributed by atoms with Crippen LogP contribution in [0.15, 0.2) is 18.2 Å². The number of carbonyl (C=O) groups is 1. The molecule has 1 heterocycles. The molecule has 2 amide bonds. The fourth-order valence-electron chi connectivity index (χ4n) is 2.12. The first-order valence-corrected chi connectivity index (χ1v) is 7.90. The lowest BCUT2D eigenvalue weighted by Gasteiger charge is -2.21. The van der Waals surface area contributed by atoms with Gasteiger partial charge in [0, 0.05) is 24.4 Å². The molecule has 2 rings (SSSR count). The van der Waals surface area contributed by atoms with Crippen molar-refractivity contribution in [3.05, 3.63) is 35.4 Å². The summed E-state index contributed by atoms with van der Waals surface area (Å²) in [5.41, 5.74) is -0.886. The third kappa shape index (κ3) is 4.57. The molecule has 4 nitrogen and oxygen atoms in total. The molecule has 1 unspecified atom stereocenters. The van der Waals surface area contributed by atoms with Gasteiger partial charge in [-0.2, -0.15) is 11.8 Å². The van der Waals surface area contributed by atoms with Crippen LogP contribution in [0, 0.1) is 11.6 Å². The van der Waals surface area contributed by atoms with Crippen LogP contribution < -0.4 is 10.6 Å². The van der Waals surface area contributed by atoms with Crippen LogP contribution in [0.25, 0.3) is 0 Å². The highest BCUT2D eigenvalue weighted by Crippen LogP contribution is 2.26. The molecule has 1 aliphatic rings. The smallest absolute Gasteiger partial charge is 0.314 e. The largest absolute Gasteiger partial charge is 0.387 e. The third-order valence-electron chi connectivity index (χ3n) is 3.38. The third-order valence-corrected chi connectivity index (χ3v) is 4.62. The van der Waals surface area contributed by atoms with E-state index in [2.05, 4.69) is 10.6 Å². The summed E-state index contributed by atoms with van der Waals surface area (Å²) in [4.78, 5) is 11.6. The number of nitrogens with one attached hydrogen (secondary N) is 2. The molecule has 1 aliphatic heterocycles. The zero-order chi connectivity index (χ0) is 15.3. The first-order chi connectivity index (χ1) is 10.0. The fraction of sp³-hybridized carbons (Fsp3) is 0.500. The molecule has 1 aromatic rings. The highest BCUT2D eigenvalue weighted by atomic mass is 32.2. The average Bonchev–Trinajstić information content (AvgIpc) is 2.87. The second-order valence-electron chi connectivity index (χ2n) is 5.09. The molecule has 21 heavy (non-hydrogen) atoms. The summed E-state index contributed by atoms with van der Waals surface area (Å²) >= 11 is 1.65. The van der Waals surface area contributed by atoms with E-state index in [1.807, 2.05) is 0 Å². The second kappa shape index (κ2) is 7.09. The van der Waals surface area contributed by atoms with Crippen molar-refractivity contribution in [2.24, 2.45) is 0 Å². The van der Waals surface area contributed by atoms with Gasteiger partial charge in [0.2, 0.25) is 0 Å². The van der Waals surface area contributed by atoms with E-state index in [9.17, 15) is 18.7 Å². The SMILES string of the molecule is O=C(NCCc1c(F)cccc1F)NCC1(O)CCSC1. The summed E-state index contributed by atoms with van der Waals surface area (Å²) in [5, 5.41) is 15.2. The molecule has 0 spiro atoms. The minimum atomic E-state index is -0.848. The summed E-state index contributed by atoms with van der Waals surface area (Å²) in [5.74, 6) is 0.254. The Labute approximate surface area is 126 Å². The Bertz CT molecular complexity index is 487. The van der Waals surface area contributed by atoms with Crippen LogP contribution in [-0.4, -0.2) is 41.3 Å². The molecule has 0 aliphatic carbocycles. The van der Waals surface area contributed by atoms with E-state index in [-0.39, 0.29) is 25.1 Å². The highest BCUT2D eigenvalue weighted by Gasteiger charge is 2.31. The van der Waals surface area contributed by atoms with E-state index >= 15 is 0 Å². The van der Waals surface area contributed by atoms with E-state index in [1.165, 1.54) is 18.2 Å². The van der Waals surface area contributed by atoms with Crippen molar-refractivity contribution >= 4 is 17.8 Å². The number of thioether (sulfide) groups is 1. The Hall–Kier alpha value is -1.34. The van der Waals surface area contributed by atoms with Crippen LogP contribution in [-0.2, 0) is 6.42 Å². The van der Waals surface area contributed by atoms with Crippen molar-refractivity contribution in [2.75, 3.05) is 24.6 Å². The van der Waals surface area contributed by atoms with Crippen LogP contribution >= 0.6 is 11.8 Å². The van der Waals surface area contributed by atoms with Gasteiger partial charge in [-0.1, -0.05) is 6.07 Å². The standard InChI is InChI=1S/C14H18F2N2O2S/c15-11-2-1-3-12(16)10(11)4-6-17-13(19)18-8-14(20)5-7-21-9-14/h1-3,20H,4-9H2,(H2,17,18,19). The maximum Gasteiger partial charge on any atom is 0.314 e. The molecule has 0 radical (unpaired) electrons. The zero-order valence-electron chi connectivity index (χ0n) is 11.5.